The van der Waals surface area contributed by atoms with Crippen LogP contribution in [0.25, 0.3) is 11.1 Å². The summed E-state index contributed by atoms with van der Waals surface area (Å²) >= 11 is 0. The summed E-state index contributed by atoms with van der Waals surface area (Å²) in [5, 5.41) is 0. The fraction of sp³-hybridized carbons (Fsp3) is 0.114. The van der Waals surface area contributed by atoms with Gasteiger partial charge in [0.15, 0.2) is 0 Å². The molecule has 0 saturated carbocycles. The van der Waals surface area contributed by atoms with E-state index in [0.29, 0.717) is 6.61 Å². The second-order valence-corrected chi connectivity index (χ2v) is 10.2. The predicted molar refractivity (Wildman–Crippen MR) is 151 cm³/mol. The number of hydrogen-bond donors (Lipinski definition) is 0. The van der Waals surface area contributed by atoms with Crippen molar-refractivity contribution >= 4 is 11.6 Å². The second kappa shape index (κ2) is 7.84. The Balaban J connectivity index is 1.52. The van der Waals surface area contributed by atoms with Gasteiger partial charge in [-0.3, -0.25) is 9.69 Å². The van der Waals surface area contributed by atoms with Crippen molar-refractivity contribution in [3.8, 4) is 28.4 Å². The van der Waals surface area contributed by atoms with Crippen LogP contribution in [0.2, 0.25) is 0 Å². The van der Waals surface area contributed by atoms with Crippen LogP contribution in [0.3, 0.4) is 0 Å². The van der Waals surface area contributed by atoms with Crippen molar-refractivity contribution in [2.45, 2.75) is 17.9 Å². The molecule has 0 atom stereocenters. The molecule has 1 saturated heterocycles. The monoisotopic (exact) mass is 507 g/mol. The van der Waals surface area contributed by atoms with Crippen molar-refractivity contribution in [2.24, 2.45) is 0 Å². The Hall–Kier alpha value is -4.83. The van der Waals surface area contributed by atoms with Gasteiger partial charge in [-0.15, -0.1) is 0 Å². The summed E-state index contributed by atoms with van der Waals surface area (Å²) in [6.45, 7) is 2.56. The molecule has 2 heterocycles. The van der Waals surface area contributed by atoms with Gasteiger partial charge in [0, 0.05) is 16.8 Å². The fourth-order valence-electron chi connectivity index (χ4n) is 7.23. The van der Waals surface area contributed by atoms with Gasteiger partial charge in [-0.05, 0) is 65.6 Å². The Kier molecular flexibility index (Phi) is 4.46. The van der Waals surface area contributed by atoms with E-state index in [-0.39, 0.29) is 5.91 Å². The molecule has 39 heavy (non-hydrogen) atoms. The first-order chi connectivity index (χ1) is 19.2. The van der Waals surface area contributed by atoms with Gasteiger partial charge in [-0.1, -0.05) is 84.9 Å². The number of carbonyl (C=O) groups excluding carboxylic acids is 1. The summed E-state index contributed by atoms with van der Waals surface area (Å²) in [6.07, 6.45) is 0. The van der Waals surface area contributed by atoms with Gasteiger partial charge in [0.25, 0.3) is 0 Å². The average Bonchev–Trinajstić information content (AvgIpc) is 3.29. The first kappa shape index (κ1) is 22.2. The highest BCUT2D eigenvalue weighted by Gasteiger charge is 2.78. The van der Waals surface area contributed by atoms with E-state index in [4.69, 9.17) is 9.47 Å². The number of fused-ring (bicyclic) bond motifs is 10. The van der Waals surface area contributed by atoms with Gasteiger partial charge in [-0.25, -0.2) is 0 Å². The average molecular weight is 508 g/mol. The zero-order valence-electron chi connectivity index (χ0n) is 21.4. The summed E-state index contributed by atoms with van der Waals surface area (Å²) in [7, 11) is 0. The molecule has 1 amide bonds. The van der Waals surface area contributed by atoms with E-state index in [1.54, 1.807) is 0 Å². The maximum Gasteiger partial charge on any atom is 0.246 e. The summed E-state index contributed by atoms with van der Waals surface area (Å²) in [5.41, 5.74) is 5.32. The lowest BCUT2D eigenvalue weighted by Crippen LogP contribution is -2.79. The number of ether oxygens (including phenoxy) is 2. The molecule has 0 N–H and O–H groups in total. The number of nitrogens with zero attached hydrogens (tertiary/aromatic N) is 1. The number of β-lactam (4-membered cyclic amide) rings is 1. The van der Waals surface area contributed by atoms with Crippen molar-refractivity contribution < 1.29 is 14.3 Å². The highest BCUT2D eigenvalue weighted by Crippen LogP contribution is 2.72. The van der Waals surface area contributed by atoms with E-state index in [2.05, 4.69) is 60.7 Å². The van der Waals surface area contributed by atoms with Crippen molar-refractivity contribution in [3.63, 3.8) is 0 Å². The Bertz CT molecular complexity index is 1700. The van der Waals surface area contributed by atoms with Crippen LogP contribution in [0.15, 0.2) is 121 Å². The molecular weight excluding hydrogens is 482 g/mol. The largest absolute Gasteiger partial charge is 0.494 e. The Labute approximate surface area is 227 Å². The Morgan fingerprint density at radius 2 is 1.13 bits per heavy atom. The normalized spacial score (nSPS) is 16.5. The third-order valence-electron chi connectivity index (χ3n) is 8.53. The number of para-hydroxylation sites is 2. The first-order valence-corrected chi connectivity index (χ1v) is 13.4. The molecule has 3 aliphatic rings. The number of rotatable bonds is 3. The van der Waals surface area contributed by atoms with Crippen molar-refractivity contribution in [3.05, 3.63) is 144 Å². The minimum absolute atomic E-state index is 0.0290. The first-order valence-electron chi connectivity index (χ1n) is 13.4. The zero-order valence-corrected chi connectivity index (χ0v) is 21.4. The Morgan fingerprint density at radius 3 is 1.67 bits per heavy atom. The van der Waals surface area contributed by atoms with Crippen molar-refractivity contribution in [1.82, 2.24) is 0 Å². The molecule has 0 radical (unpaired) electrons. The third kappa shape index (κ3) is 2.52. The maximum atomic E-state index is 15.1. The molecule has 0 aromatic heterocycles. The van der Waals surface area contributed by atoms with Crippen molar-refractivity contribution in [1.29, 1.82) is 0 Å². The standard InChI is InChI=1S/C35H25NO3/c1-2-38-24-21-19-23(20-22-24)36-33(37)34(29-15-7-9-17-31(29)39-32-18-10-8-16-30(32)34)35(36)27-13-5-3-11-25(27)26-12-4-6-14-28(26)35/h3-22H,2H2,1H3. The number of anilines is 1. The van der Waals surface area contributed by atoms with E-state index in [1.807, 2.05) is 72.5 Å². The molecule has 188 valence electrons. The molecule has 0 unspecified atom stereocenters. The molecule has 0 bridgehead atoms. The highest BCUT2D eigenvalue weighted by molar-refractivity contribution is 6.19. The summed E-state index contributed by atoms with van der Waals surface area (Å²) in [6, 6.07) is 40.9. The number of benzene rings is 5. The molecule has 5 aromatic rings. The molecule has 4 nitrogen and oxygen atoms in total. The third-order valence-corrected chi connectivity index (χ3v) is 8.53. The summed E-state index contributed by atoms with van der Waals surface area (Å²) in [4.78, 5) is 17.1. The lowest BCUT2D eigenvalue weighted by Gasteiger charge is -2.65. The van der Waals surface area contributed by atoms with E-state index in [0.717, 1.165) is 56.3 Å². The molecule has 2 aliphatic heterocycles. The predicted octanol–water partition coefficient (Wildman–Crippen LogP) is 7.45. The summed E-state index contributed by atoms with van der Waals surface area (Å²) in [5.74, 6) is 2.25. The van der Waals surface area contributed by atoms with Crippen LogP contribution in [0.1, 0.15) is 29.2 Å². The van der Waals surface area contributed by atoms with E-state index in [9.17, 15) is 0 Å². The van der Waals surface area contributed by atoms with Gasteiger partial charge < -0.3 is 9.47 Å². The topological polar surface area (TPSA) is 38.8 Å². The van der Waals surface area contributed by atoms with E-state index < -0.39 is 11.0 Å². The van der Waals surface area contributed by atoms with Gasteiger partial charge in [0.05, 0.1) is 6.61 Å². The highest BCUT2D eigenvalue weighted by atomic mass is 16.5. The number of carbonyl (C=O) groups is 1. The minimum Gasteiger partial charge on any atom is -0.494 e. The van der Waals surface area contributed by atoms with E-state index in [1.165, 1.54) is 0 Å². The zero-order chi connectivity index (χ0) is 26.2. The van der Waals surface area contributed by atoms with Crippen molar-refractivity contribution in [2.75, 3.05) is 11.5 Å². The van der Waals surface area contributed by atoms with Gasteiger partial charge >= 0.3 is 0 Å². The van der Waals surface area contributed by atoms with Gasteiger partial charge in [-0.2, -0.15) is 0 Å². The lowest BCUT2D eigenvalue weighted by molar-refractivity contribution is -0.135. The van der Waals surface area contributed by atoms with E-state index >= 15 is 4.79 Å². The second-order valence-electron chi connectivity index (χ2n) is 10.2. The maximum absolute atomic E-state index is 15.1. The molecule has 1 fully saturated rings. The van der Waals surface area contributed by atoms with Crippen LogP contribution < -0.4 is 14.4 Å². The van der Waals surface area contributed by atoms with Crippen LogP contribution in [0, 0.1) is 0 Å². The smallest absolute Gasteiger partial charge is 0.246 e. The van der Waals surface area contributed by atoms with Crippen LogP contribution in [-0.4, -0.2) is 12.5 Å². The minimum atomic E-state index is -1.01. The fourth-order valence-corrected chi connectivity index (χ4v) is 7.23. The number of amides is 1. The lowest BCUT2D eigenvalue weighted by atomic mass is 9.49. The molecule has 5 aromatic carbocycles. The van der Waals surface area contributed by atoms with Gasteiger partial charge in [0.2, 0.25) is 5.91 Å². The van der Waals surface area contributed by atoms with Crippen LogP contribution in [0.4, 0.5) is 5.69 Å². The summed E-state index contributed by atoms with van der Waals surface area (Å²) < 4.78 is 12.2. The number of hydrogen-bond acceptors (Lipinski definition) is 3. The van der Waals surface area contributed by atoms with Crippen LogP contribution >= 0.6 is 0 Å². The molecule has 4 heteroatoms. The quantitative estimate of drug-likeness (QED) is 0.238. The molecule has 8 rings (SSSR count). The van der Waals surface area contributed by atoms with Gasteiger partial charge in [0.1, 0.15) is 28.2 Å². The molecule has 1 aliphatic carbocycles. The SMILES string of the molecule is CCOc1ccc(N2C(=O)C3(c4ccccc4Oc4ccccc43)C23c2ccccc2-c2ccccc23)cc1. The molecule has 2 spiro atoms. The Morgan fingerprint density at radius 1 is 0.641 bits per heavy atom. The molecular formula is C35H25NO3. The van der Waals surface area contributed by atoms with Crippen LogP contribution in [-0.2, 0) is 15.7 Å². The van der Waals surface area contributed by atoms with Crippen LogP contribution in [0.5, 0.6) is 17.2 Å².